The van der Waals surface area contributed by atoms with Crippen molar-refractivity contribution in [3.8, 4) is 0 Å². The van der Waals surface area contributed by atoms with Crippen LogP contribution in [-0.4, -0.2) is 30.9 Å². The summed E-state index contributed by atoms with van der Waals surface area (Å²) in [7, 11) is 0. The molecule has 0 aromatic heterocycles. The van der Waals surface area contributed by atoms with Crippen LogP contribution in [0.25, 0.3) is 0 Å². The summed E-state index contributed by atoms with van der Waals surface area (Å²) in [4.78, 5) is 0. The van der Waals surface area contributed by atoms with Gasteiger partial charge in [-0.2, -0.15) is 5.10 Å². The van der Waals surface area contributed by atoms with Crippen molar-refractivity contribution in [2.45, 2.75) is 6.92 Å². The zero-order valence-corrected chi connectivity index (χ0v) is 6.30. The maximum Gasteiger partial charge on any atom is 0.0537 e. The molecule has 0 bridgehead atoms. The predicted molar refractivity (Wildman–Crippen MR) is 42.9 cm³/mol. The van der Waals surface area contributed by atoms with Crippen molar-refractivity contribution in [3.05, 3.63) is 12.3 Å². The highest BCUT2D eigenvalue weighted by atomic mass is 15.5. The van der Waals surface area contributed by atoms with Gasteiger partial charge in [0.25, 0.3) is 0 Å². The van der Waals surface area contributed by atoms with Crippen LogP contribution in [0.2, 0.25) is 0 Å². The van der Waals surface area contributed by atoms with E-state index in [2.05, 4.69) is 17.0 Å². The average molecular weight is 139 g/mol. The summed E-state index contributed by atoms with van der Waals surface area (Å²) < 4.78 is 0. The Morgan fingerprint density at radius 1 is 1.80 bits per heavy atom. The molecule has 1 aliphatic heterocycles. The van der Waals surface area contributed by atoms with Crippen LogP contribution in [0.1, 0.15) is 6.92 Å². The molecule has 1 N–H and O–H groups in total. The van der Waals surface area contributed by atoms with Crippen molar-refractivity contribution in [2.75, 3.05) is 19.6 Å². The number of hydrogen-bond donors (Lipinski definition) is 1. The Morgan fingerprint density at radius 2 is 2.60 bits per heavy atom. The lowest BCUT2D eigenvalue weighted by molar-refractivity contribution is 0.319. The molecule has 0 radical (unpaired) electrons. The molecule has 3 heteroatoms. The first-order valence-electron chi connectivity index (χ1n) is 3.49. The van der Waals surface area contributed by atoms with Gasteiger partial charge in [0.05, 0.1) is 6.54 Å². The molecule has 0 aromatic carbocycles. The van der Waals surface area contributed by atoms with Gasteiger partial charge in [0, 0.05) is 25.0 Å². The summed E-state index contributed by atoms with van der Waals surface area (Å²) in [5, 5.41) is 9.27. The zero-order chi connectivity index (χ0) is 7.40. The van der Waals surface area contributed by atoms with Crippen LogP contribution in [0.4, 0.5) is 0 Å². The zero-order valence-electron chi connectivity index (χ0n) is 6.30. The largest absolute Gasteiger partial charge is 0.309 e. The molecule has 0 aromatic rings. The Kier molecular flexibility index (Phi) is 2.45. The van der Waals surface area contributed by atoms with Gasteiger partial charge in [0.1, 0.15) is 0 Å². The summed E-state index contributed by atoms with van der Waals surface area (Å²) in [5.41, 5.74) is 1.05. The van der Waals surface area contributed by atoms with E-state index in [1.807, 2.05) is 11.9 Å². The summed E-state index contributed by atoms with van der Waals surface area (Å²) in [6.07, 6.45) is 1.79. The minimum Gasteiger partial charge on any atom is -0.309 e. The van der Waals surface area contributed by atoms with Crippen molar-refractivity contribution < 1.29 is 0 Å². The lowest BCUT2D eigenvalue weighted by Gasteiger charge is -2.26. The maximum atomic E-state index is 4.13. The third-order valence-electron chi connectivity index (χ3n) is 1.45. The fourth-order valence-corrected chi connectivity index (χ4v) is 0.946. The highest BCUT2D eigenvalue weighted by Gasteiger charge is 2.09. The van der Waals surface area contributed by atoms with Crippen LogP contribution >= 0.6 is 0 Å². The van der Waals surface area contributed by atoms with Crippen molar-refractivity contribution in [2.24, 2.45) is 5.10 Å². The molecule has 1 saturated heterocycles. The lowest BCUT2D eigenvalue weighted by Crippen LogP contribution is -2.38. The molecule has 1 rings (SSSR count). The van der Waals surface area contributed by atoms with Gasteiger partial charge < -0.3 is 5.32 Å². The summed E-state index contributed by atoms with van der Waals surface area (Å²) >= 11 is 0. The van der Waals surface area contributed by atoms with E-state index in [4.69, 9.17) is 0 Å². The second kappa shape index (κ2) is 3.37. The molecule has 0 aliphatic carbocycles. The molecule has 1 aliphatic rings. The minimum atomic E-state index is 0.858. The maximum absolute atomic E-state index is 4.13. The Labute approximate surface area is 61.4 Å². The first-order chi connectivity index (χ1) is 4.84. The third-order valence-corrected chi connectivity index (χ3v) is 1.45. The molecule has 3 nitrogen and oxygen atoms in total. The van der Waals surface area contributed by atoms with Crippen molar-refractivity contribution in [3.63, 3.8) is 0 Å². The molecule has 0 unspecified atom stereocenters. The number of hydrazone groups is 1. The Morgan fingerprint density at radius 3 is 3.20 bits per heavy atom. The number of piperazine rings is 1. The summed E-state index contributed by atoms with van der Waals surface area (Å²) in [6.45, 7) is 8.56. The molecule has 0 atom stereocenters. The number of nitrogens with one attached hydrogen (secondary N) is 1. The van der Waals surface area contributed by atoms with Crippen molar-refractivity contribution in [1.29, 1.82) is 0 Å². The standard InChI is InChI=1S/C7H13N3/c1-3-9-10-5-4-8-6-7(10)2/h3,8H,2,4-6H2,1H3/b9-3-. The molecule has 56 valence electrons. The van der Waals surface area contributed by atoms with Gasteiger partial charge in [0.15, 0.2) is 0 Å². The number of hydrogen-bond acceptors (Lipinski definition) is 3. The second-order valence-electron chi connectivity index (χ2n) is 2.24. The van der Waals surface area contributed by atoms with Gasteiger partial charge in [-0.25, -0.2) is 0 Å². The first-order valence-corrected chi connectivity index (χ1v) is 3.49. The van der Waals surface area contributed by atoms with E-state index < -0.39 is 0 Å². The smallest absolute Gasteiger partial charge is 0.0537 e. The Hall–Kier alpha value is -0.830. The van der Waals surface area contributed by atoms with E-state index in [1.165, 1.54) is 0 Å². The van der Waals surface area contributed by atoms with Gasteiger partial charge in [0.2, 0.25) is 0 Å². The van der Waals surface area contributed by atoms with Gasteiger partial charge in [-0.3, -0.25) is 5.01 Å². The molecular formula is C7H13N3. The first kappa shape index (κ1) is 7.28. The summed E-state index contributed by atoms with van der Waals surface area (Å²) in [6, 6.07) is 0. The highest BCUT2D eigenvalue weighted by molar-refractivity contribution is 5.52. The molecule has 1 heterocycles. The molecular weight excluding hydrogens is 126 g/mol. The quantitative estimate of drug-likeness (QED) is 0.533. The minimum absolute atomic E-state index is 0.858. The van der Waals surface area contributed by atoms with Crippen LogP contribution in [-0.2, 0) is 0 Å². The molecule has 0 spiro atoms. The lowest BCUT2D eigenvalue weighted by atomic mass is 10.3. The van der Waals surface area contributed by atoms with Crippen LogP contribution in [0.15, 0.2) is 17.4 Å². The van der Waals surface area contributed by atoms with Crippen molar-refractivity contribution in [1.82, 2.24) is 10.3 Å². The average Bonchev–Trinajstić information content (AvgIpc) is 1.94. The number of rotatable bonds is 1. The van der Waals surface area contributed by atoms with E-state index >= 15 is 0 Å². The summed E-state index contributed by atoms with van der Waals surface area (Å²) in [5.74, 6) is 0. The van der Waals surface area contributed by atoms with Gasteiger partial charge in [-0.05, 0) is 6.92 Å². The predicted octanol–water partition coefficient (Wildman–Crippen LogP) is 0.411. The SMILES string of the molecule is C=C1CNCCN1/N=C\C. The second-order valence-corrected chi connectivity index (χ2v) is 2.24. The fraction of sp³-hybridized carbons (Fsp3) is 0.571. The van der Waals surface area contributed by atoms with E-state index in [-0.39, 0.29) is 0 Å². The van der Waals surface area contributed by atoms with Crippen LogP contribution in [0.3, 0.4) is 0 Å². The normalized spacial score (nSPS) is 20.5. The van der Waals surface area contributed by atoms with E-state index in [9.17, 15) is 0 Å². The topological polar surface area (TPSA) is 27.6 Å². The van der Waals surface area contributed by atoms with Crippen LogP contribution in [0, 0.1) is 0 Å². The number of nitrogens with zero attached hydrogens (tertiary/aromatic N) is 2. The molecule has 0 saturated carbocycles. The van der Waals surface area contributed by atoms with E-state index in [0.717, 1.165) is 25.3 Å². The monoisotopic (exact) mass is 139 g/mol. The van der Waals surface area contributed by atoms with E-state index in [0.29, 0.717) is 0 Å². The van der Waals surface area contributed by atoms with E-state index in [1.54, 1.807) is 6.21 Å². The molecule has 0 amide bonds. The van der Waals surface area contributed by atoms with Crippen LogP contribution < -0.4 is 5.32 Å². The Balaban J connectivity index is 2.48. The Bertz CT molecular complexity index is 151. The third kappa shape index (κ3) is 1.57. The molecule has 10 heavy (non-hydrogen) atoms. The van der Waals surface area contributed by atoms with Crippen LogP contribution in [0.5, 0.6) is 0 Å². The van der Waals surface area contributed by atoms with Gasteiger partial charge >= 0.3 is 0 Å². The molecule has 1 fully saturated rings. The fourth-order valence-electron chi connectivity index (χ4n) is 0.946. The van der Waals surface area contributed by atoms with Gasteiger partial charge in [-0.1, -0.05) is 6.58 Å². The van der Waals surface area contributed by atoms with Crippen molar-refractivity contribution >= 4 is 6.21 Å². The highest BCUT2D eigenvalue weighted by Crippen LogP contribution is 2.03. The van der Waals surface area contributed by atoms with Gasteiger partial charge in [-0.15, -0.1) is 0 Å².